The Bertz CT molecular complexity index is 681. The van der Waals surface area contributed by atoms with Crippen LogP contribution in [0.2, 0.25) is 0 Å². The fourth-order valence-corrected chi connectivity index (χ4v) is 2.65. The maximum atomic E-state index is 9.47. The number of rotatable bonds is 3. The van der Waals surface area contributed by atoms with Crippen molar-refractivity contribution in [3.05, 3.63) is 40.8 Å². The Kier molecular flexibility index (Phi) is 3.53. The summed E-state index contributed by atoms with van der Waals surface area (Å²) < 4.78 is 16.2. The fraction of sp³-hybridized carbons (Fsp3) is 0.375. The number of aryl methyl sites for hydroxylation is 2. The minimum Gasteiger partial charge on any atom is -0.486 e. The molecule has 0 saturated carbocycles. The molecule has 1 atom stereocenters. The Labute approximate surface area is 123 Å². The van der Waals surface area contributed by atoms with Crippen LogP contribution in [0.1, 0.15) is 28.5 Å². The van der Waals surface area contributed by atoms with Crippen molar-refractivity contribution >= 4 is 0 Å². The zero-order chi connectivity index (χ0) is 14.8. The topological polar surface area (TPSA) is 68.3 Å². The van der Waals surface area contributed by atoms with E-state index in [-0.39, 0.29) is 5.92 Å². The molecule has 21 heavy (non-hydrogen) atoms. The summed E-state index contributed by atoms with van der Waals surface area (Å²) in [5.41, 5.74) is 2.69. The lowest BCUT2D eigenvalue weighted by atomic mass is 9.92. The Hall–Kier alpha value is -2.48. The summed E-state index contributed by atoms with van der Waals surface area (Å²) in [5, 5.41) is 13.4. The largest absolute Gasteiger partial charge is 0.486 e. The fourth-order valence-electron chi connectivity index (χ4n) is 2.65. The standard InChI is InChI=1S/C16H16N2O3/c1-10-16(11(2)21-18-10)13(9-17)7-12-3-4-14-15(8-12)20-6-5-19-14/h3-4,8,13H,5-7H2,1-2H3. The van der Waals surface area contributed by atoms with E-state index in [4.69, 9.17) is 14.0 Å². The number of fused-ring (bicyclic) bond motifs is 1. The van der Waals surface area contributed by atoms with Gasteiger partial charge in [0.05, 0.1) is 17.7 Å². The third-order valence-corrected chi connectivity index (χ3v) is 3.64. The highest BCUT2D eigenvalue weighted by Crippen LogP contribution is 2.33. The normalized spacial score (nSPS) is 14.5. The summed E-state index contributed by atoms with van der Waals surface area (Å²) in [6.45, 7) is 4.83. The molecule has 1 unspecified atom stereocenters. The molecule has 108 valence electrons. The van der Waals surface area contributed by atoms with Gasteiger partial charge in [0.2, 0.25) is 0 Å². The first kappa shape index (κ1) is 13.5. The van der Waals surface area contributed by atoms with Crippen molar-refractivity contribution in [1.29, 1.82) is 5.26 Å². The van der Waals surface area contributed by atoms with Crippen LogP contribution in [-0.4, -0.2) is 18.4 Å². The van der Waals surface area contributed by atoms with Crippen LogP contribution in [0, 0.1) is 25.2 Å². The van der Waals surface area contributed by atoms with Crippen molar-refractivity contribution in [3.8, 4) is 17.6 Å². The average Bonchev–Trinajstić information content (AvgIpc) is 2.84. The molecule has 0 saturated heterocycles. The zero-order valence-electron chi connectivity index (χ0n) is 12.0. The van der Waals surface area contributed by atoms with Crippen molar-refractivity contribution in [2.75, 3.05) is 13.2 Å². The highest BCUT2D eigenvalue weighted by atomic mass is 16.6. The van der Waals surface area contributed by atoms with Crippen LogP contribution < -0.4 is 9.47 Å². The lowest BCUT2D eigenvalue weighted by molar-refractivity contribution is 0.171. The Morgan fingerprint density at radius 2 is 2.00 bits per heavy atom. The van der Waals surface area contributed by atoms with Gasteiger partial charge in [-0.15, -0.1) is 0 Å². The zero-order valence-corrected chi connectivity index (χ0v) is 12.0. The summed E-state index contributed by atoms with van der Waals surface area (Å²) >= 11 is 0. The number of benzene rings is 1. The maximum Gasteiger partial charge on any atom is 0.161 e. The molecular weight excluding hydrogens is 268 g/mol. The molecular formula is C16H16N2O3. The number of nitriles is 1. The second-order valence-electron chi connectivity index (χ2n) is 5.10. The summed E-state index contributed by atoms with van der Waals surface area (Å²) in [5.74, 6) is 1.93. The van der Waals surface area contributed by atoms with Gasteiger partial charge in [0, 0.05) is 5.56 Å². The number of nitrogens with zero attached hydrogens (tertiary/aromatic N) is 2. The minimum atomic E-state index is -0.279. The van der Waals surface area contributed by atoms with Crippen LogP contribution in [-0.2, 0) is 6.42 Å². The van der Waals surface area contributed by atoms with Gasteiger partial charge in [-0.2, -0.15) is 5.26 Å². The second-order valence-corrected chi connectivity index (χ2v) is 5.10. The van der Waals surface area contributed by atoms with Gasteiger partial charge in [-0.1, -0.05) is 11.2 Å². The minimum absolute atomic E-state index is 0.279. The lowest BCUT2D eigenvalue weighted by Gasteiger charge is -2.19. The van der Waals surface area contributed by atoms with Crippen molar-refractivity contribution in [3.63, 3.8) is 0 Å². The molecule has 0 fully saturated rings. The summed E-state index contributed by atoms with van der Waals surface area (Å²) in [6.07, 6.45) is 0.593. The lowest BCUT2D eigenvalue weighted by Crippen LogP contribution is -2.15. The molecule has 0 N–H and O–H groups in total. The quantitative estimate of drug-likeness (QED) is 0.866. The molecule has 1 aromatic carbocycles. The van der Waals surface area contributed by atoms with E-state index in [0.717, 1.165) is 28.3 Å². The van der Waals surface area contributed by atoms with E-state index >= 15 is 0 Å². The predicted molar refractivity (Wildman–Crippen MR) is 75.5 cm³/mol. The first-order valence-electron chi connectivity index (χ1n) is 6.90. The van der Waals surface area contributed by atoms with Crippen LogP contribution in [0.15, 0.2) is 22.7 Å². The third-order valence-electron chi connectivity index (χ3n) is 3.64. The molecule has 1 aromatic heterocycles. The van der Waals surface area contributed by atoms with Crippen molar-refractivity contribution in [1.82, 2.24) is 5.16 Å². The molecule has 5 nitrogen and oxygen atoms in total. The van der Waals surface area contributed by atoms with Gasteiger partial charge in [-0.3, -0.25) is 0 Å². The van der Waals surface area contributed by atoms with Crippen molar-refractivity contribution in [2.45, 2.75) is 26.2 Å². The Morgan fingerprint density at radius 3 is 2.67 bits per heavy atom. The van der Waals surface area contributed by atoms with Gasteiger partial charge in [0.1, 0.15) is 19.0 Å². The van der Waals surface area contributed by atoms with Crippen LogP contribution in [0.5, 0.6) is 11.5 Å². The molecule has 0 spiro atoms. The van der Waals surface area contributed by atoms with Gasteiger partial charge in [0.25, 0.3) is 0 Å². The van der Waals surface area contributed by atoms with Crippen LogP contribution >= 0.6 is 0 Å². The van der Waals surface area contributed by atoms with Crippen molar-refractivity contribution < 1.29 is 14.0 Å². The van der Waals surface area contributed by atoms with Crippen LogP contribution in [0.4, 0.5) is 0 Å². The molecule has 0 amide bonds. The average molecular weight is 284 g/mol. The van der Waals surface area contributed by atoms with E-state index in [9.17, 15) is 5.26 Å². The molecule has 2 aromatic rings. The molecule has 1 aliphatic rings. The SMILES string of the molecule is Cc1noc(C)c1C(C#N)Cc1ccc2c(c1)OCCO2. The predicted octanol–water partition coefficient (Wildman–Crippen LogP) is 2.91. The molecule has 3 rings (SSSR count). The summed E-state index contributed by atoms with van der Waals surface area (Å²) in [4.78, 5) is 0. The molecule has 5 heteroatoms. The smallest absolute Gasteiger partial charge is 0.161 e. The maximum absolute atomic E-state index is 9.47. The van der Waals surface area contributed by atoms with E-state index in [1.807, 2.05) is 32.0 Å². The number of aromatic nitrogens is 1. The molecule has 0 bridgehead atoms. The van der Waals surface area contributed by atoms with Gasteiger partial charge >= 0.3 is 0 Å². The second kappa shape index (κ2) is 5.49. The Balaban J connectivity index is 1.87. The number of hydrogen-bond acceptors (Lipinski definition) is 5. The van der Waals surface area contributed by atoms with E-state index in [1.54, 1.807) is 0 Å². The van der Waals surface area contributed by atoms with Gasteiger partial charge in [0.15, 0.2) is 11.5 Å². The summed E-state index contributed by atoms with van der Waals surface area (Å²) in [7, 11) is 0. The Morgan fingerprint density at radius 1 is 1.24 bits per heavy atom. The van der Waals surface area contributed by atoms with Gasteiger partial charge in [-0.25, -0.2) is 0 Å². The van der Waals surface area contributed by atoms with Gasteiger partial charge in [-0.05, 0) is 38.0 Å². The molecule has 0 aliphatic carbocycles. The number of ether oxygens (including phenoxy) is 2. The first-order valence-corrected chi connectivity index (χ1v) is 6.90. The highest BCUT2D eigenvalue weighted by molar-refractivity contribution is 5.45. The third kappa shape index (κ3) is 2.57. The van der Waals surface area contributed by atoms with E-state index < -0.39 is 0 Å². The van der Waals surface area contributed by atoms with E-state index in [2.05, 4.69) is 11.2 Å². The molecule has 1 aliphatic heterocycles. The summed E-state index contributed by atoms with van der Waals surface area (Å²) in [6, 6.07) is 8.15. The van der Waals surface area contributed by atoms with E-state index in [0.29, 0.717) is 25.4 Å². The number of hydrogen-bond donors (Lipinski definition) is 0. The monoisotopic (exact) mass is 284 g/mol. The van der Waals surface area contributed by atoms with Gasteiger partial charge < -0.3 is 14.0 Å². The van der Waals surface area contributed by atoms with Crippen LogP contribution in [0.25, 0.3) is 0 Å². The van der Waals surface area contributed by atoms with Crippen molar-refractivity contribution in [2.24, 2.45) is 0 Å². The molecule has 0 radical (unpaired) electrons. The highest BCUT2D eigenvalue weighted by Gasteiger charge is 2.21. The van der Waals surface area contributed by atoms with Crippen LogP contribution in [0.3, 0.4) is 0 Å². The molecule has 2 heterocycles. The first-order chi connectivity index (χ1) is 10.2. The van der Waals surface area contributed by atoms with E-state index in [1.165, 1.54) is 0 Å².